The maximum Gasteiger partial charge on any atom is 0.0665 e. The Kier molecular flexibility index (Phi) is 9.88. The van der Waals surface area contributed by atoms with Crippen LogP contribution in [0.4, 0.5) is 0 Å². The van der Waals surface area contributed by atoms with E-state index < -0.39 is 6.10 Å². The summed E-state index contributed by atoms with van der Waals surface area (Å²) in [6.07, 6.45) is 8.25. The van der Waals surface area contributed by atoms with Crippen molar-refractivity contribution in [3.05, 3.63) is 83.7 Å². The van der Waals surface area contributed by atoms with Gasteiger partial charge < -0.3 is 5.11 Å². The Morgan fingerprint density at radius 1 is 1.19 bits per heavy atom. The van der Waals surface area contributed by atoms with Crippen molar-refractivity contribution in [3.63, 3.8) is 0 Å². The topological polar surface area (TPSA) is 50.1 Å². The van der Waals surface area contributed by atoms with E-state index in [1.54, 1.807) is 13.0 Å². The lowest BCUT2D eigenvalue weighted by atomic mass is 9.99. The summed E-state index contributed by atoms with van der Waals surface area (Å²) in [5, 5.41) is 17.2. The fourth-order valence-corrected chi connectivity index (χ4v) is 3.43. The van der Waals surface area contributed by atoms with Crippen molar-refractivity contribution >= 4 is 19.9 Å². The number of aliphatic hydroxyl groups is 1. The molecule has 32 heavy (non-hydrogen) atoms. The van der Waals surface area contributed by atoms with Gasteiger partial charge in [-0.3, -0.25) is 10.00 Å². The molecule has 1 aromatic heterocycles. The molecule has 0 spiro atoms. The SMILES string of the molecule is C=C/C(C#Cc1ccc(C(=P)NC(C)C(C)O)cc1)=C\C=C(/CC(C)C)c1ccnn1C. The van der Waals surface area contributed by atoms with E-state index >= 15 is 0 Å². The maximum atomic E-state index is 9.66. The molecule has 0 fully saturated rings. The Morgan fingerprint density at radius 3 is 2.41 bits per heavy atom. The lowest BCUT2D eigenvalue weighted by Gasteiger charge is -2.18. The first kappa shape index (κ1) is 25.6. The Hall–Kier alpha value is -2.70. The summed E-state index contributed by atoms with van der Waals surface area (Å²) in [6.45, 7) is 12.0. The molecule has 4 nitrogen and oxygen atoms in total. The molecule has 0 saturated carbocycles. The lowest BCUT2D eigenvalue weighted by molar-refractivity contribution is 0.162. The van der Waals surface area contributed by atoms with Gasteiger partial charge in [-0.2, -0.15) is 5.10 Å². The van der Waals surface area contributed by atoms with Crippen molar-refractivity contribution in [1.82, 2.24) is 15.1 Å². The van der Waals surface area contributed by atoms with Crippen LogP contribution in [0, 0.1) is 17.8 Å². The van der Waals surface area contributed by atoms with E-state index in [0.717, 1.165) is 34.2 Å². The highest BCUT2D eigenvalue weighted by atomic mass is 31.0. The second-order valence-corrected chi connectivity index (χ2v) is 8.83. The first-order chi connectivity index (χ1) is 15.2. The van der Waals surface area contributed by atoms with Crippen LogP contribution in [0.2, 0.25) is 0 Å². The number of allylic oxidation sites excluding steroid dienone is 5. The molecule has 0 aliphatic carbocycles. The molecular weight excluding hydrogens is 413 g/mol. The predicted octanol–water partition coefficient (Wildman–Crippen LogP) is 4.99. The molecule has 2 rings (SSSR count). The predicted molar refractivity (Wildman–Crippen MR) is 139 cm³/mol. The third-order valence-electron chi connectivity index (χ3n) is 5.08. The summed E-state index contributed by atoms with van der Waals surface area (Å²) < 4.78 is 1.90. The fourth-order valence-electron chi connectivity index (χ4n) is 3.03. The van der Waals surface area contributed by atoms with Gasteiger partial charge in [0.05, 0.1) is 11.8 Å². The van der Waals surface area contributed by atoms with Crippen molar-refractivity contribution in [2.24, 2.45) is 13.0 Å². The van der Waals surface area contributed by atoms with Crippen molar-refractivity contribution in [1.29, 1.82) is 0 Å². The number of aryl methyl sites for hydroxylation is 1. The van der Waals surface area contributed by atoms with E-state index in [1.807, 2.05) is 61.3 Å². The highest BCUT2D eigenvalue weighted by Crippen LogP contribution is 2.22. The van der Waals surface area contributed by atoms with Crippen molar-refractivity contribution in [2.45, 2.75) is 46.3 Å². The Bertz CT molecular complexity index is 1050. The number of nitrogens with one attached hydrogen (secondary N) is 1. The smallest absolute Gasteiger partial charge is 0.0665 e. The normalized spacial score (nSPS) is 14.0. The van der Waals surface area contributed by atoms with Gasteiger partial charge in [0.25, 0.3) is 0 Å². The summed E-state index contributed by atoms with van der Waals surface area (Å²) in [5.41, 5.74) is 5.95. The zero-order chi connectivity index (χ0) is 23.7. The molecule has 0 aliphatic heterocycles. The molecule has 0 bridgehead atoms. The molecule has 0 saturated heterocycles. The van der Waals surface area contributed by atoms with Gasteiger partial charge in [-0.05, 0) is 61.6 Å². The molecule has 5 heteroatoms. The average molecular weight is 448 g/mol. The largest absolute Gasteiger partial charge is 0.392 e. The van der Waals surface area contributed by atoms with Crippen LogP contribution in [0.25, 0.3) is 5.57 Å². The molecule has 2 aromatic rings. The van der Waals surface area contributed by atoms with E-state index in [-0.39, 0.29) is 6.04 Å². The van der Waals surface area contributed by atoms with Crippen LogP contribution in [0.3, 0.4) is 0 Å². The maximum absolute atomic E-state index is 9.66. The van der Waals surface area contributed by atoms with Crippen LogP contribution in [-0.4, -0.2) is 32.5 Å². The van der Waals surface area contributed by atoms with Gasteiger partial charge in [0.1, 0.15) is 0 Å². The van der Waals surface area contributed by atoms with Gasteiger partial charge in [0, 0.05) is 35.8 Å². The van der Waals surface area contributed by atoms with E-state index in [2.05, 4.69) is 57.6 Å². The van der Waals surface area contributed by atoms with Gasteiger partial charge in [-0.25, -0.2) is 0 Å². The minimum Gasteiger partial charge on any atom is -0.392 e. The number of nitrogens with zero attached hydrogens (tertiary/aromatic N) is 2. The number of aromatic nitrogens is 2. The summed E-state index contributed by atoms with van der Waals surface area (Å²) in [5.74, 6) is 6.96. The van der Waals surface area contributed by atoms with Crippen LogP contribution in [0.5, 0.6) is 0 Å². The molecule has 0 radical (unpaired) electrons. The first-order valence-corrected chi connectivity index (χ1v) is 11.4. The third-order valence-corrected chi connectivity index (χ3v) is 5.52. The zero-order valence-electron chi connectivity index (χ0n) is 19.7. The standard InChI is InChI=1S/C27H34N3OP/c1-7-22(10-15-25(18-19(2)3)26-16-17-28-30(26)6)8-9-23-11-13-24(14-12-23)27(32)29-20(4)21(5)31/h7,10-17,19-21,29,31-32H,1,18H2,2-6H3/b22-10+,25-15+. The molecule has 168 valence electrons. The molecule has 2 unspecified atom stereocenters. The Labute approximate surface area is 195 Å². The Balaban J connectivity index is 2.18. The fraction of sp³-hybridized carbons (Fsp3) is 0.333. The van der Waals surface area contributed by atoms with Gasteiger partial charge >= 0.3 is 0 Å². The van der Waals surface area contributed by atoms with E-state index in [1.165, 1.54) is 5.57 Å². The summed E-state index contributed by atoms with van der Waals surface area (Å²) in [4.78, 5) is 0. The highest BCUT2D eigenvalue weighted by Gasteiger charge is 2.10. The number of benzene rings is 1. The molecule has 1 aromatic carbocycles. The molecule has 1 heterocycles. The first-order valence-electron chi connectivity index (χ1n) is 10.9. The minimum atomic E-state index is -0.441. The van der Waals surface area contributed by atoms with Crippen molar-refractivity contribution in [3.8, 4) is 11.8 Å². The summed E-state index contributed by atoms with van der Waals surface area (Å²) in [7, 11) is 5.56. The van der Waals surface area contributed by atoms with E-state index in [4.69, 9.17) is 0 Å². The molecule has 2 N–H and O–H groups in total. The molecular formula is C27H34N3OP. The van der Waals surface area contributed by atoms with Crippen LogP contribution in [0.15, 0.2) is 66.9 Å². The average Bonchev–Trinajstić information content (AvgIpc) is 3.18. The molecule has 0 amide bonds. The van der Waals surface area contributed by atoms with Crippen LogP contribution >= 0.6 is 8.86 Å². The van der Waals surface area contributed by atoms with E-state index in [0.29, 0.717) is 5.92 Å². The Morgan fingerprint density at radius 2 is 1.88 bits per heavy atom. The van der Waals surface area contributed by atoms with Gasteiger partial charge in [0.2, 0.25) is 0 Å². The number of hydrogen-bond acceptors (Lipinski definition) is 2. The summed E-state index contributed by atoms with van der Waals surface area (Å²) >= 11 is 0. The lowest BCUT2D eigenvalue weighted by Crippen LogP contribution is -2.39. The third kappa shape index (κ3) is 7.77. The molecule has 0 aliphatic rings. The summed E-state index contributed by atoms with van der Waals surface area (Å²) in [6, 6.07) is 9.93. The number of rotatable bonds is 9. The van der Waals surface area contributed by atoms with E-state index in [9.17, 15) is 5.11 Å². The molecule has 2 atom stereocenters. The van der Waals surface area contributed by atoms with Crippen LogP contribution < -0.4 is 5.32 Å². The van der Waals surface area contributed by atoms with Gasteiger partial charge in [-0.1, -0.05) is 56.6 Å². The number of hydrogen-bond donors (Lipinski definition) is 2. The van der Waals surface area contributed by atoms with Crippen LogP contribution in [-0.2, 0) is 7.05 Å². The van der Waals surface area contributed by atoms with Crippen molar-refractivity contribution < 1.29 is 5.11 Å². The second kappa shape index (κ2) is 12.4. The van der Waals surface area contributed by atoms with Crippen LogP contribution in [0.1, 0.15) is 50.9 Å². The second-order valence-electron chi connectivity index (χ2n) is 8.33. The van der Waals surface area contributed by atoms with Gasteiger partial charge in [0.15, 0.2) is 0 Å². The highest BCUT2D eigenvalue weighted by molar-refractivity contribution is 7.21. The monoisotopic (exact) mass is 447 g/mol. The minimum absolute atomic E-state index is 0.0535. The quantitative estimate of drug-likeness (QED) is 0.323. The number of aliphatic hydroxyl groups excluding tert-OH is 1. The van der Waals surface area contributed by atoms with Gasteiger partial charge in [-0.15, -0.1) is 8.86 Å². The zero-order valence-corrected chi connectivity index (χ0v) is 20.7. The van der Waals surface area contributed by atoms with Crippen molar-refractivity contribution in [2.75, 3.05) is 0 Å².